The van der Waals surface area contributed by atoms with Gasteiger partial charge in [-0.3, -0.25) is 5.32 Å². The second-order valence-electron chi connectivity index (χ2n) is 5.50. The van der Waals surface area contributed by atoms with Gasteiger partial charge in [-0.05, 0) is 24.4 Å². The Morgan fingerprint density at radius 3 is 2.52 bits per heavy atom. The minimum Gasteiger partial charge on any atom is -0.464 e. The van der Waals surface area contributed by atoms with Crippen LogP contribution in [0.5, 0.6) is 0 Å². The van der Waals surface area contributed by atoms with Crippen LogP contribution in [0.3, 0.4) is 0 Å². The van der Waals surface area contributed by atoms with Crippen molar-refractivity contribution in [2.24, 2.45) is 5.92 Å². The van der Waals surface area contributed by atoms with Gasteiger partial charge >= 0.3 is 5.97 Å². The Morgan fingerprint density at radius 1 is 1.19 bits per heavy atom. The Morgan fingerprint density at radius 2 is 1.90 bits per heavy atom. The third kappa shape index (κ3) is 7.25. The van der Waals surface area contributed by atoms with Crippen molar-refractivity contribution < 1.29 is 9.53 Å². The van der Waals surface area contributed by atoms with Gasteiger partial charge in [-0.15, -0.1) is 0 Å². The van der Waals surface area contributed by atoms with Crippen molar-refractivity contribution in [1.29, 1.82) is 0 Å². The standard InChI is InChI=1S/C17H28N2O2/c1-4-18-11-12-19-16(15-8-6-5-7-9-15)17(20)21-13-10-14(2)3/h5-9,14,16,18-19H,4,10-13H2,1-3H3. The molecule has 0 saturated carbocycles. The summed E-state index contributed by atoms with van der Waals surface area (Å²) in [7, 11) is 0. The predicted molar refractivity (Wildman–Crippen MR) is 86.1 cm³/mol. The van der Waals surface area contributed by atoms with Crippen LogP contribution in [0.2, 0.25) is 0 Å². The SMILES string of the molecule is CCNCCNC(C(=O)OCCC(C)C)c1ccccc1. The summed E-state index contributed by atoms with van der Waals surface area (Å²) in [5.74, 6) is 0.341. The highest BCUT2D eigenvalue weighted by atomic mass is 16.5. The first-order chi connectivity index (χ1) is 10.1. The molecule has 0 spiro atoms. The van der Waals surface area contributed by atoms with Gasteiger partial charge in [-0.2, -0.15) is 0 Å². The summed E-state index contributed by atoms with van der Waals surface area (Å²) < 4.78 is 5.40. The molecule has 1 rings (SSSR count). The zero-order valence-electron chi connectivity index (χ0n) is 13.4. The monoisotopic (exact) mass is 292 g/mol. The quantitative estimate of drug-likeness (QED) is 0.514. The van der Waals surface area contributed by atoms with Crippen LogP contribution in [0, 0.1) is 5.92 Å². The van der Waals surface area contributed by atoms with Gasteiger partial charge in [-0.1, -0.05) is 51.1 Å². The van der Waals surface area contributed by atoms with Gasteiger partial charge in [0.1, 0.15) is 6.04 Å². The highest BCUT2D eigenvalue weighted by molar-refractivity contribution is 5.77. The van der Waals surface area contributed by atoms with Crippen LogP contribution in [-0.2, 0) is 9.53 Å². The molecule has 1 atom stereocenters. The number of rotatable bonds is 10. The molecule has 2 N–H and O–H groups in total. The van der Waals surface area contributed by atoms with Crippen LogP contribution < -0.4 is 10.6 Å². The van der Waals surface area contributed by atoms with Crippen molar-refractivity contribution in [3.63, 3.8) is 0 Å². The van der Waals surface area contributed by atoms with Gasteiger partial charge in [0.25, 0.3) is 0 Å². The summed E-state index contributed by atoms with van der Waals surface area (Å²) in [5, 5.41) is 6.51. The van der Waals surface area contributed by atoms with E-state index in [9.17, 15) is 4.79 Å². The summed E-state index contributed by atoms with van der Waals surface area (Å²) in [4.78, 5) is 12.3. The highest BCUT2D eigenvalue weighted by Crippen LogP contribution is 2.14. The fourth-order valence-corrected chi connectivity index (χ4v) is 1.94. The van der Waals surface area contributed by atoms with E-state index < -0.39 is 6.04 Å². The van der Waals surface area contributed by atoms with Crippen molar-refractivity contribution in [1.82, 2.24) is 10.6 Å². The number of carbonyl (C=O) groups excluding carboxylic acids is 1. The average molecular weight is 292 g/mol. The van der Waals surface area contributed by atoms with Crippen molar-refractivity contribution in [3.05, 3.63) is 35.9 Å². The van der Waals surface area contributed by atoms with Crippen LogP contribution in [0.1, 0.15) is 38.8 Å². The van der Waals surface area contributed by atoms with Gasteiger partial charge < -0.3 is 10.1 Å². The summed E-state index contributed by atoms with van der Waals surface area (Å²) in [6.07, 6.45) is 0.893. The minimum atomic E-state index is -0.392. The molecule has 0 aliphatic carbocycles. The lowest BCUT2D eigenvalue weighted by Crippen LogP contribution is -2.35. The van der Waals surface area contributed by atoms with Gasteiger partial charge in [0.05, 0.1) is 6.61 Å². The molecule has 0 fully saturated rings. The van der Waals surface area contributed by atoms with Gasteiger partial charge in [-0.25, -0.2) is 4.79 Å². The van der Waals surface area contributed by atoms with Crippen LogP contribution in [-0.4, -0.2) is 32.2 Å². The Kier molecular flexibility index (Phi) is 8.71. The molecule has 0 aliphatic rings. The number of carbonyl (C=O) groups is 1. The van der Waals surface area contributed by atoms with E-state index in [4.69, 9.17) is 4.74 Å². The van der Waals surface area contributed by atoms with Crippen LogP contribution in [0.25, 0.3) is 0 Å². The molecule has 21 heavy (non-hydrogen) atoms. The van der Waals surface area contributed by atoms with Crippen LogP contribution in [0.15, 0.2) is 30.3 Å². The van der Waals surface area contributed by atoms with Gasteiger partial charge in [0, 0.05) is 13.1 Å². The van der Waals surface area contributed by atoms with E-state index in [0.717, 1.165) is 31.6 Å². The Hall–Kier alpha value is -1.39. The number of hydrogen-bond acceptors (Lipinski definition) is 4. The van der Waals surface area contributed by atoms with E-state index in [-0.39, 0.29) is 5.97 Å². The largest absolute Gasteiger partial charge is 0.464 e. The fourth-order valence-electron chi connectivity index (χ4n) is 1.94. The van der Waals surface area contributed by atoms with Crippen LogP contribution in [0.4, 0.5) is 0 Å². The first kappa shape index (κ1) is 17.7. The molecular weight excluding hydrogens is 264 g/mol. The molecular formula is C17H28N2O2. The maximum atomic E-state index is 12.3. The Bertz CT molecular complexity index is 393. The second kappa shape index (κ2) is 10.4. The van der Waals surface area contributed by atoms with Crippen molar-refractivity contribution in [2.45, 2.75) is 33.2 Å². The normalized spacial score (nSPS) is 12.4. The summed E-state index contributed by atoms with van der Waals surface area (Å²) in [5.41, 5.74) is 0.948. The average Bonchev–Trinajstić information content (AvgIpc) is 2.47. The first-order valence-corrected chi connectivity index (χ1v) is 7.80. The zero-order chi connectivity index (χ0) is 15.5. The van der Waals surface area contributed by atoms with Crippen molar-refractivity contribution in [2.75, 3.05) is 26.2 Å². The number of esters is 1. The third-order valence-electron chi connectivity index (χ3n) is 3.21. The molecule has 0 saturated heterocycles. The number of likely N-dealkylation sites (N-methyl/N-ethyl adjacent to an activating group) is 1. The number of benzene rings is 1. The molecule has 0 aromatic heterocycles. The van der Waals surface area contributed by atoms with E-state index in [0.29, 0.717) is 12.5 Å². The Balaban J connectivity index is 2.56. The smallest absolute Gasteiger partial charge is 0.327 e. The van der Waals surface area contributed by atoms with E-state index in [2.05, 4.69) is 31.4 Å². The van der Waals surface area contributed by atoms with E-state index in [1.165, 1.54) is 0 Å². The predicted octanol–water partition coefficient (Wildman–Crippen LogP) is 2.52. The molecule has 0 aliphatic heterocycles. The molecule has 4 nitrogen and oxygen atoms in total. The summed E-state index contributed by atoms with van der Waals surface area (Å²) >= 11 is 0. The zero-order valence-corrected chi connectivity index (χ0v) is 13.4. The summed E-state index contributed by atoms with van der Waals surface area (Å²) in [6, 6.07) is 9.34. The topological polar surface area (TPSA) is 50.4 Å². The highest BCUT2D eigenvalue weighted by Gasteiger charge is 2.21. The molecule has 1 aromatic carbocycles. The minimum absolute atomic E-state index is 0.196. The number of hydrogen-bond donors (Lipinski definition) is 2. The molecule has 0 bridgehead atoms. The molecule has 0 heterocycles. The third-order valence-corrected chi connectivity index (χ3v) is 3.21. The van der Waals surface area contributed by atoms with Gasteiger partial charge in [0.15, 0.2) is 0 Å². The molecule has 118 valence electrons. The Labute approximate surface area is 128 Å². The number of nitrogens with one attached hydrogen (secondary N) is 2. The lowest BCUT2D eigenvalue weighted by Gasteiger charge is -2.18. The van der Waals surface area contributed by atoms with Gasteiger partial charge in [0.2, 0.25) is 0 Å². The molecule has 4 heteroatoms. The first-order valence-electron chi connectivity index (χ1n) is 7.80. The van der Waals surface area contributed by atoms with Crippen molar-refractivity contribution in [3.8, 4) is 0 Å². The van der Waals surface area contributed by atoms with E-state index >= 15 is 0 Å². The molecule has 1 unspecified atom stereocenters. The van der Waals surface area contributed by atoms with E-state index in [1.807, 2.05) is 30.3 Å². The lowest BCUT2D eigenvalue weighted by molar-refractivity contribution is -0.146. The fraction of sp³-hybridized carbons (Fsp3) is 0.588. The van der Waals surface area contributed by atoms with Crippen LogP contribution >= 0.6 is 0 Å². The summed E-state index contributed by atoms with van der Waals surface area (Å²) in [6.45, 7) is 9.28. The molecule has 1 aromatic rings. The number of ether oxygens (including phenoxy) is 1. The molecule has 0 amide bonds. The van der Waals surface area contributed by atoms with Crippen molar-refractivity contribution >= 4 is 5.97 Å². The molecule has 0 radical (unpaired) electrons. The maximum absolute atomic E-state index is 12.3. The van der Waals surface area contributed by atoms with E-state index in [1.54, 1.807) is 0 Å². The lowest BCUT2D eigenvalue weighted by atomic mass is 10.1. The second-order valence-corrected chi connectivity index (χ2v) is 5.50. The maximum Gasteiger partial charge on any atom is 0.327 e.